The predicted molar refractivity (Wildman–Crippen MR) is 80.4 cm³/mol. The van der Waals surface area contributed by atoms with E-state index in [0.29, 0.717) is 17.1 Å². The molecular weight excluding hydrogens is 268 g/mol. The van der Waals surface area contributed by atoms with Gasteiger partial charge in [-0.2, -0.15) is 0 Å². The highest BCUT2D eigenvalue weighted by Gasteiger charge is 2.20. The minimum absolute atomic E-state index is 0.276. The first-order valence-electron chi connectivity index (χ1n) is 6.54. The molecule has 6 nitrogen and oxygen atoms in total. The Hall–Kier alpha value is -2.47. The van der Waals surface area contributed by atoms with E-state index in [4.69, 9.17) is 0 Å². The monoisotopic (exact) mass is 286 g/mol. The van der Waals surface area contributed by atoms with Gasteiger partial charge in [-0.25, -0.2) is 4.98 Å². The van der Waals surface area contributed by atoms with Crippen LogP contribution in [-0.4, -0.2) is 26.6 Å². The van der Waals surface area contributed by atoms with E-state index in [1.807, 2.05) is 20.8 Å². The second kappa shape index (κ2) is 5.88. The Morgan fingerprint density at radius 3 is 2.38 bits per heavy atom. The van der Waals surface area contributed by atoms with Crippen LogP contribution in [0.3, 0.4) is 0 Å². The number of carbonyl (C=O) groups excluding carboxylic acids is 1. The van der Waals surface area contributed by atoms with E-state index in [1.54, 1.807) is 24.3 Å². The first kappa shape index (κ1) is 14.9. The van der Waals surface area contributed by atoms with Crippen LogP contribution in [0, 0.1) is 0 Å². The molecule has 0 saturated heterocycles. The van der Waals surface area contributed by atoms with Gasteiger partial charge in [-0.15, -0.1) is 0 Å². The Bertz CT molecular complexity index is 606. The van der Waals surface area contributed by atoms with Crippen molar-refractivity contribution < 1.29 is 10.0 Å². The van der Waals surface area contributed by atoms with Gasteiger partial charge in [-0.1, -0.05) is 0 Å². The van der Waals surface area contributed by atoms with Crippen LogP contribution < -0.4 is 10.4 Å². The van der Waals surface area contributed by atoms with Crippen LogP contribution in [0.4, 0.5) is 11.5 Å². The molecule has 0 fully saturated rings. The molecule has 2 N–H and O–H groups in total. The molecule has 0 unspecified atom stereocenters. The minimum Gasteiger partial charge on any atom is -0.305 e. The van der Waals surface area contributed by atoms with E-state index < -0.39 is 5.54 Å². The van der Waals surface area contributed by atoms with Gasteiger partial charge in [-0.05, 0) is 45.0 Å². The molecule has 1 heterocycles. The zero-order valence-corrected chi connectivity index (χ0v) is 12.2. The highest BCUT2D eigenvalue weighted by molar-refractivity contribution is 6.03. The lowest BCUT2D eigenvalue weighted by atomic mass is 10.1. The third kappa shape index (κ3) is 3.76. The van der Waals surface area contributed by atoms with Gasteiger partial charge in [0.2, 0.25) is 0 Å². The molecule has 0 saturated carbocycles. The molecule has 0 bridgehead atoms. The average Bonchev–Trinajstić information content (AvgIpc) is 2.46. The van der Waals surface area contributed by atoms with Crippen LogP contribution in [0.5, 0.6) is 0 Å². The van der Waals surface area contributed by atoms with Crippen molar-refractivity contribution in [1.29, 1.82) is 0 Å². The summed E-state index contributed by atoms with van der Waals surface area (Å²) in [5.74, 6) is 0.118. The molecule has 6 heteroatoms. The highest BCUT2D eigenvalue weighted by Crippen LogP contribution is 2.22. The molecule has 1 aromatic carbocycles. The number of rotatable bonds is 3. The standard InChI is InChI=1S/C15H18N4O2/c1-15(2,3)19(21)12-6-4-11(5-7-12)14(20)18-13-10-16-8-9-17-13/h4-10,21H,1-3H3,(H,17,18,20). The van der Waals surface area contributed by atoms with Gasteiger partial charge >= 0.3 is 0 Å². The lowest BCUT2D eigenvalue weighted by Gasteiger charge is -2.31. The first-order chi connectivity index (χ1) is 9.88. The molecule has 1 amide bonds. The summed E-state index contributed by atoms with van der Waals surface area (Å²) in [5.41, 5.74) is 0.689. The van der Waals surface area contributed by atoms with Gasteiger partial charge in [0.1, 0.15) is 0 Å². The van der Waals surface area contributed by atoms with Crippen molar-refractivity contribution >= 4 is 17.4 Å². The quantitative estimate of drug-likeness (QED) is 0.848. The molecule has 21 heavy (non-hydrogen) atoms. The van der Waals surface area contributed by atoms with Crippen molar-refractivity contribution in [2.24, 2.45) is 0 Å². The van der Waals surface area contributed by atoms with Gasteiger partial charge in [0.15, 0.2) is 5.82 Å². The summed E-state index contributed by atoms with van der Waals surface area (Å²) < 4.78 is 0. The second-order valence-corrected chi connectivity index (χ2v) is 5.57. The smallest absolute Gasteiger partial charge is 0.256 e. The third-order valence-corrected chi connectivity index (χ3v) is 2.81. The summed E-state index contributed by atoms with van der Waals surface area (Å²) in [7, 11) is 0. The fraction of sp³-hybridized carbons (Fsp3) is 0.267. The topological polar surface area (TPSA) is 78.4 Å². The molecule has 1 aromatic heterocycles. The number of nitrogens with one attached hydrogen (secondary N) is 1. The number of benzene rings is 1. The number of amides is 1. The predicted octanol–water partition coefficient (Wildman–Crippen LogP) is 2.72. The van der Waals surface area contributed by atoms with E-state index in [1.165, 1.54) is 18.6 Å². The molecule has 110 valence electrons. The summed E-state index contributed by atoms with van der Waals surface area (Å²) in [6.07, 6.45) is 4.51. The third-order valence-electron chi connectivity index (χ3n) is 2.81. The normalized spacial score (nSPS) is 11.0. The fourth-order valence-corrected chi connectivity index (χ4v) is 1.69. The molecule has 0 spiro atoms. The molecule has 0 aliphatic rings. The maximum absolute atomic E-state index is 12.0. The molecule has 0 radical (unpaired) electrons. The SMILES string of the molecule is CC(C)(C)N(O)c1ccc(C(=O)Nc2cnccn2)cc1. The molecule has 0 aliphatic carbocycles. The molecule has 2 aromatic rings. The summed E-state index contributed by atoms with van der Waals surface area (Å²) in [6.45, 7) is 5.67. The number of aromatic nitrogens is 2. The van der Waals surface area contributed by atoms with Crippen molar-refractivity contribution in [2.45, 2.75) is 26.3 Å². The Balaban J connectivity index is 2.10. The number of hydrogen-bond acceptors (Lipinski definition) is 5. The number of carbonyl (C=O) groups is 1. The van der Waals surface area contributed by atoms with Crippen LogP contribution in [0.25, 0.3) is 0 Å². The van der Waals surface area contributed by atoms with Gasteiger partial charge in [0.25, 0.3) is 5.91 Å². The van der Waals surface area contributed by atoms with Crippen LogP contribution >= 0.6 is 0 Å². The van der Waals surface area contributed by atoms with E-state index in [9.17, 15) is 10.0 Å². The second-order valence-electron chi connectivity index (χ2n) is 5.57. The number of nitrogens with zero attached hydrogens (tertiary/aromatic N) is 3. The minimum atomic E-state index is -0.413. The van der Waals surface area contributed by atoms with Crippen molar-refractivity contribution in [2.75, 3.05) is 10.4 Å². The summed E-state index contributed by atoms with van der Waals surface area (Å²) >= 11 is 0. The maximum Gasteiger partial charge on any atom is 0.256 e. The zero-order chi connectivity index (χ0) is 15.5. The van der Waals surface area contributed by atoms with Crippen LogP contribution in [0.2, 0.25) is 0 Å². The zero-order valence-electron chi connectivity index (χ0n) is 12.2. The van der Waals surface area contributed by atoms with Crippen LogP contribution in [-0.2, 0) is 0 Å². The molecule has 0 aliphatic heterocycles. The van der Waals surface area contributed by atoms with Crippen molar-refractivity contribution in [3.63, 3.8) is 0 Å². The van der Waals surface area contributed by atoms with Gasteiger partial charge < -0.3 is 5.32 Å². The van der Waals surface area contributed by atoms with E-state index in [-0.39, 0.29) is 5.91 Å². The van der Waals surface area contributed by atoms with Crippen LogP contribution in [0.15, 0.2) is 42.9 Å². The van der Waals surface area contributed by atoms with Crippen molar-refractivity contribution in [3.05, 3.63) is 48.4 Å². The summed E-state index contributed by atoms with van der Waals surface area (Å²) in [4.78, 5) is 19.9. The Morgan fingerprint density at radius 2 is 1.86 bits per heavy atom. The molecule has 0 atom stereocenters. The largest absolute Gasteiger partial charge is 0.305 e. The summed E-state index contributed by atoms with van der Waals surface area (Å²) in [6, 6.07) is 6.68. The van der Waals surface area contributed by atoms with Gasteiger partial charge in [0.05, 0.1) is 17.4 Å². The first-order valence-corrected chi connectivity index (χ1v) is 6.54. The Labute approximate surface area is 123 Å². The van der Waals surface area contributed by atoms with Gasteiger partial charge in [-0.3, -0.25) is 20.0 Å². The average molecular weight is 286 g/mol. The highest BCUT2D eigenvalue weighted by atomic mass is 16.5. The lowest BCUT2D eigenvalue weighted by molar-refractivity contribution is 0.102. The molecule has 2 rings (SSSR count). The number of anilines is 2. The van der Waals surface area contributed by atoms with Crippen molar-refractivity contribution in [1.82, 2.24) is 9.97 Å². The van der Waals surface area contributed by atoms with E-state index in [0.717, 1.165) is 5.06 Å². The summed E-state index contributed by atoms with van der Waals surface area (Å²) in [5, 5.41) is 13.8. The number of hydrogen-bond donors (Lipinski definition) is 2. The van der Waals surface area contributed by atoms with Crippen molar-refractivity contribution in [3.8, 4) is 0 Å². The lowest BCUT2D eigenvalue weighted by Crippen LogP contribution is -2.38. The number of hydroxylamine groups is 1. The maximum atomic E-state index is 12.0. The van der Waals surface area contributed by atoms with E-state index in [2.05, 4.69) is 15.3 Å². The molecular formula is C15H18N4O2. The Kier molecular flexibility index (Phi) is 4.18. The Morgan fingerprint density at radius 1 is 1.19 bits per heavy atom. The van der Waals surface area contributed by atoms with E-state index >= 15 is 0 Å². The van der Waals surface area contributed by atoms with Crippen LogP contribution in [0.1, 0.15) is 31.1 Å². The fourth-order valence-electron chi connectivity index (χ4n) is 1.69. The van der Waals surface area contributed by atoms with Gasteiger partial charge in [0, 0.05) is 18.0 Å².